The number of aromatic carboxylic acids is 1. The monoisotopic (exact) mass is 206 g/mol. The zero-order chi connectivity index (χ0) is 10.8. The van der Waals surface area contributed by atoms with E-state index < -0.39 is 5.97 Å². The van der Waals surface area contributed by atoms with Gasteiger partial charge in [0.05, 0.1) is 5.56 Å². The van der Waals surface area contributed by atoms with E-state index >= 15 is 0 Å². The number of aryl methyl sites for hydroxylation is 1. The first-order chi connectivity index (χ1) is 7.18. The van der Waals surface area contributed by atoms with Gasteiger partial charge in [-0.3, -0.25) is 0 Å². The van der Waals surface area contributed by atoms with E-state index in [2.05, 4.69) is 0 Å². The van der Waals surface area contributed by atoms with Crippen molar-refractivity contribution >= 4 is 5.97 Å². The highest BCUT2D eigenvalue weighted by molar-refractivity contribution is 5.88. The summed E-state index contributed by atoms with van der Waals surface area (Å²) in [6.07, 6.45) is 5.05. The average Bonchev–Trinajstić information content (AvgIpc) is 2.42. The first-order valence-electron chi connectivity index (χ1n) is 5.26. The van der Waals surface area contributed by atoms with Crippen LogP contribution in [0.25, 0.3) is 0 Å². The Balaban J connectivity index is 2.48. The lowest BCUT2D eigenvalue weighted by molar-refractivity contribution is 0.0696. The van der Waals surface area contributed by atoms with Gasteiger partial charge in [-0.05, 0) is 48.9 Å². The number of hydrogen-bond donors (Lipinski definition) is 2. The molecular weight excluding hydrogens is 192 g/mol. The Bertz CT molecular complexity index is 396. The van der Waals surface area contributed by atoms with Crippen LogP contribution in [-0.4, -0.2) is 16.2 Å². The molecule has 0 atom stereocenters. The van der Waals surface area contributed by atoms with E-state index in [9.17, 15) is 9.90 Å². The highest BCUT2D eigenvalue weighted by atomic mass is 16.4. The van der Waals surface area contributed by atoms with Gasteiger partial charge in [-0.15, -0.1) is 0 Å². The molecule has 0 aliphatic heterocycles. The normalized spacial score (nSPS) is 15.5. The van der Waals surface area contributed by atoms with Crippen LogP contribution in [0, 0.1) is 0 Å². The summed E-state index contributed by atoms with van der Waals surface area (Å²) in [5, 5.41) is 18.6. The summed E-state index contributed by atoms with van der Waals surface area (Å²) in [5.74, 6) is -0.829. The number of rotatable bonds is 1. The van der Waals surface area contributed by atoms with Crippen molar-refractivity contribution in [2.24, 2.45) is 0 Å². The maximum absolute atomic E-state index is 10.8. The molecule has 1 aliphatic carbocycles. The summed E-state index contributed by atoms with van der Waals surface area (Å²) in [4.78, 5) is 10.8. The topological polar surface area (TPSA) is 57.5 Å². The van der Waals surface area contributed by atoms with Crippen LogP contribution in [0.1, 0.15) is 40.7 Å². The molecule has 2 N–H and O–H groups in total. The molecule has 80 valence electrons. The van der Waals surface area contributed by atoms with Crippen molar-refractivity contribution in [1.29, 1.82) is 0 Å². The van der Waals surface area contributed by atoms with E-state index in [0.717, 1.165) is 43.2 Å². The predicted molar refractivity (Wildman–Crippen MR) is 56.3 cm³/mol. The van der Waals surface area contributed by atoms with E-state index in [-0.39, 0.29) is 11.3 Å². The second-order valence-corrected chi connectivity index (χ2v) is 4.00. The summed E-state index contributed by atoms with van der Waals surface area (Å²) < 4.78 is 0. The van der Waals surface area contributed by atoms with Gasteiger partial charge < -0.3 is 10.2 Å². The molecule has 0 fully saturated rings. The van der Waals surface area contributed by atoms with Gasteiger partial charge in [-0.25, -0.2) is 4.79 Å². The maximum Gasteiger partial charge on any atom is 0.335 e. The minimum Gasteiger partial charge on any atom is -0.508 e. The Labute approximate surface area is 88.4 Å². The van der Waals surface area contributed by atoms with Crippen LogP contribution in [0.3, 0.4) is 0 Å². The number of benzene rings is 1. The van der Waals surface area contributed by atoms with E-state index in [1.165, 1.54) is 6.07 Å². The fourth-order valence-corrected chi connectivity index (χ4v) is 2.14. The molecule has 3 nitrogen and oxygen atoms in total. The van der Waals surface area contributed by atoms with Gasteiger partial charge in [-0.1, -0.05) is 6.42 Å². The Morgan fingerprint density at radius 2 is 1.87 bits per heavy atom. The first kappa shape index (κ1) is 10.0. The van der Waals surface area contributed by atoms with E-state index in [4.69, 9.17) is 5.11 Å². The van der Waals surface area contributed by atoms with Crippen molar-refractivity contribution in [2.45, 2.75) is 32.1 Å². The van der Waals surface area contributed by atoms with Crippen LogP contribution in [0.2, 0.25) is 0 Å². The van der Waals surface area contributed by atoms with Gasteiger partial charge in [-0.2, -0.15) is 0 Å². The number of carboxylic acids is 1. The van der Waals surface area contributed by atoms with E-state index in [0.29, 0.717) is 0 Å². The van der Waals surface area contributed by atoms with Crippen molar-refractivity contribution < 1.29 is 15.0 Å². The van der Waals surface area contributed by atoms with Crippen molar-refractivity contribution in [2.75, 3.05) is 0 Å². The lowest BCUT2D eigenvalue weighted by Gasteiger charge is -2.09. The van der Waals surface area contributed by atoms with Crippen LogP contribution in [0.4, 0.5) is 0 Å². The van der Waals surface area contributed by atoms with Crippen molar-refractivity contribution in [3.05, 3.63) is 28.8 Å². The van der Waals surface area contributed by atoms with Crippen molar-refractivity contribution in [1.82, 2.24) is 0 Å². The van der Waals surface area contributed by atoms with Crippen LogP contribution < -0.4 is 0 Å². The lowest BCUT2D eigenvalue weighted by atomic mass is 9.99. The van der Waals surface area contributed by atoms with Crippen LogP contribution >= 0.6 is 0 Å². The van der Waals surface area contributed by atoms with Crippen LogP contribution in [-0.2, 0) is 12.8 Å². The summed E-state index contributed by atoms with van der Waals surface area (Å²) in [7, 11) is 0. The fraction of sp³-hybridized carbons (Fsp3) is 0.417. The molecule has 0 bridgehead atoms. The molecule has 15 heavy (non-hydrogen) atoms. The first-order valence-corrected chi connectivity index (χ1v) is 5.26. The number of fused-ring (bicyclic) bond motifs is 1. The largest absolute Gasteiger partial charge is 0.508 e. The van der Waals surface area contributed by atoms with Crippen molar-refractivity contribution in [3.8, 4) is 5.75 Å². The molecule has 1 aromatic rings. The third-order valence-electron chi connectivity index (χ3n) is 2.94. The molecule has 0 saturated heterocycles. The number of phenolic OH excluding ortho intramolecular Hbond substituents is 1. The summed E-state index contributed by atoms with van der Waals surface area (Å²) in [6.45, 7) is 0. The minimum absolute atomic E-state index is 0.145. The van der Waals surface area contributed by atoms with Gasteiger partial charge in [0.15, 0.2) is 0 Å². The Hall–Kier alpha value is -1.51. The van der Waals surface area contributed by atoms with Crippen molar-refractivity contribution in [3.63, 3.8) is 0 Å². The van der Waals surface area contributed by atoms with Crippen LogP contribution in [0.5, 0.6) is 5.75 Å². The highest BCUT2D eigenvalue weighted by Gasteiger charge is 2.15. The Morgan fingerprint density at radius 1 is 1.13 bits per heavy atom. The maximum atomic E-state index is 10.8. The zero-order valence-corrected chi connectivity index (χ0v) is 8.49. The highest BCUT2D eigenvalue weighted by Crippen LogP contribution is 2.29. The van der Waals surface area contributed by atoms with Gasteiger partial charge in [0.25, 0.3) is 0 Å². The molecule has 2 rings (SSSR count). The smallest absolute Gasteiger partial charge is 0.335 e. The standard InChI is InChI=1S/C12H14O3/c13-11-7-9(12(14)15)6-8-4-2-1-3-5-10(8)11/h6-7,13H,1-5H2,(H,14,15). The van der Waals surface area contributed by atoms with E-state index in [1.54, 1.807) is 6.07 Å². The van der Waals surface area contributed by atoms with Crippen LogP contribution in [0.15, 0.2) is 12.1 Å². The molecule has 1 aromatic carbocycles. The molecule has 0 spiro atoms. The molecule has 1 aliphatic rings. The van der Waals surface area contributed by atoms with Gasteiger partial charge in [0.2, 0.25) is 0 Å². The second-order valence-electron chi connectivity index (χ2n) is 4.00. The quantitative estimate of drug-likeness (QED) is 0.693. The lowest BCUT2D eigenvalue weighted by Crippen LogP contribution is -2.00. The summed E-state index contributed by atoms with van der Waals surface area (Å²) in [5.41, 5.74) is 2.13. The Morgan fingerprint density at radius 3 is 2.60 bits per heavy atom. The minimum atomic E-state index is -0.975. The molecule has 3 heteroatoms. The number of aromatic hydroxyl groups is 1. The molecule has 0 unspecified atom stereocenters. The number of carboxylic acid groups (broad SMARTS) is 1. The molecule has 0 saturated carbocycles. The third-order valence-corrected chi connectivity index (χ3v) is 2.94. The SMILES string of the molecule is O=C(O)c1cc(O)c2c(c1)CCCCC2. The number of hydrogen-bond acceptors (Lipinski definition) is 2. The molecular formula is C12H14O3. The zero-order valence-electron chi connectivity index (χ0n) is 8.49. The predicted octanol–water partition coefficient (Wildman–Crippen LogP) is 2.36. The third kappa shape index (κ3) is 1.96. The molecule has 0 heterocycles. The second kappa shape index (κ2) is 3.93. The number of phenols is 1. The average molecular weight is 206 g/mol. The fourth-order valence-electron chi connectivity index (χ4n) is 2.14. The summed E-state index contributed by atoms with van der Waals surface area (Å²) in [6, 6.07) is 3.05. The van der Waals surface area contributed by atoms with Gasteiger partial charge >= 0.3 is 5.97 Å². The van der Waals surface area contributed by atoms with Gasteiger partial charge in [0.1, 0.15) is 5.75 Å². The number of carbonyl (C=O) groups is 1. The van der Waals surface area contributed by atoms with E-state index in [1.807, 2.05) is 0 Å². The molecule has 0 radical (unpaired) electrons. The molecule has 0 amide bonds. The molecule has 0 aromatic heterocycles. The summed E-state index contributed by atoms with van der Waals surface area (Å²) >= 11 is 0. The Kier molecular flexibility index (Phi) is 2.62. The van der Waals surface area contributed by atoms with Gasteiger partial charge in [0, 0.05) is 0 Å².